The maximum absolute atomic E-state index is 14.1. The number of carbonyl (C=O) groups excluding carboxylic acids is 3. The lowest BCUT2D eigenvalue weighted by Crippen LogP contribution is -2.33. The fourth-order valence-electron chi connectivity index (χ4n) is 5.70. The lowest BCUT2D eigenvalue weighted by atomic mass is 9.81. The predicted molar refractivity (Wildman–Crippen MR) is 179 cm³/mol. The maximum atomic E-state index is 14.1. The first-order valence-corrected chi connectivity index (χ1v) is 16.6. The highest BCUT2D eigenvalue weighted by atomic mass is 35.5. The van der Waals surface area contributed by atoms with Crippen molar-refractivity contribution < 1.29 is 19.3 Å². The summed E-state index contributed by atoms with van der Waals surface area (Å²) in [7, 11) is 0. The van der Waals surface area contributed by atoms with Gasteiger partial charge < -0.3 is 5.32 Å². The van der Waals surface area contributed by atoms with Crippen LogP contribution in [-0.4, -0.2) is 32.5 Å². The van der Waals surface area contributed by atoms with E-state index in [0.717, 1.165) is 39.1 Å². The molecule has 0 aliphatic carbocycles. The first kappa shape index (κ1) is 32.0. The number of rotatable bonds is 6. The van der Waals surface area contributed by atoms with Gasteiger partial charge in [0, 0.05) is 28.6 Å². The highest BCUT2D eigenvalue weighted by Crippen LogP contribution is 2.54. The molecule has 1 saturated heterocycles. The van der Waals surface area contributed by atoms with E-state index in [1.807, 2.05) is 24.3 Å². The molecule has 0 saturated carbocycles. The molecule has 2 aliphatic rings. The predicted octanol–water partition coefficient (Wildman–Crippen LogP) is 6.86. The van der Waals surface area contributed by atoms with Gasteiger partial charge in [-0.3, -0.25) is 33.9 Å². The fourth-order valence-corrected chi connectivity index (χ4v) is 8.77. The number of carbonyl (C=O) groups is 3. The number of nitro benzene ring substituents is 1. The number of halogens is 2. The lowest BCUT2D eigenvalue weighted by molar-refractivity contribution is -0.384. The monoisotopic (exact) mass is 696 g/mol. The van der Waals surface area contributed by atoms with Crippen LogP contribution in [0.15, 0.2) is 76.6 Å². The minimum atomic E-state index is -0.902. The van der Waals surface area contributed by atoms with E-state index in [0.29, 0.717) is 20.6 Å². The molecule has 46 heavy (non-hydrogen) atoms. The summed E-state index contributed by atoms with van der Waals surface area (Å²) < 4.78 is 1.33. The number of hydrogen-bond donors (Lipinski definition) is 1. The Morgan fingerprint density at radius 3 is 2.24 bits per heavy atom. The third-order valence-electron chi connectivity index (χ3n) is 8.01. The molecule has 0 bridgehead atoms. The molecule has 1 N–H and O–H groups in total. The van der Waals surface area contributed by atoms with Crippen LogP contribution in [0.4, 0.5) is 17.1 Å². The molecular formula is C32H26Cl2N4O6S2. The lowest BCUT2D eigenvalue weighted by Gasteiger charge is -2.31. The van der Waals surface area contributed by atoms with Gasteiger partial charge in [-0.15, -0.1) is 0 Å². The summed E-state index contributed by atoms with van der Waals surface area (Å²) in [6.07, 6.45) is 0. The smallest absolute Gasteiger partial charge is 0.308 e. The standard InChI is InChI=1S/C32H26Cl2N4O6S2/c1-32(2,3)17-6-4-16(5-7-17)24-25-26(29(41)37(28(25)40)19-9-11-20(12-10-19)38(43)44)45-30-27(24)46-31(42)36(30)15-23(39)35-18-8-13-21(33)22(34)14-18/h4-14,24-26H,15H2,1-3H3,(H,35,39)/t24-,25?,26?/m1/s1. The van der Waals surface area contributed by atoms with Gasteiger partial charge in [0.2, 0.25) is 17.7 Å². The van der Waals surface area contributed by atoms with Crippen LogP contribution in [0.1, 0.15) is 42.7 Å². The van der Waals surface area contributed by atoms with E-state index in [-0.39, 0.29) is 28.4 Å². The van der Waals surface area contributed by atoms with Gasteiger partial charge in [0.15, 0.2) is 0 Å². The molecule has 3 atom stereocenters. The Balaban J connectivity index is 1.40. The molecule has 14 heteroatoms. The zero-order valence-corrected chi connectivity index (χ0v) is 27.8. The summed E-state index contributed by atoms with van der Waals surface area (Å²) in [6, 6.07) is 17.7. The minimum absolute atomic E-state index is 0.129. The van der Waals surface area contributed by atoms with Crippen molar-refractivity contribution in [2.45, 2.75) is 48.9 Å². The van der Waals surface area contributed by atoms with Crippen molar-refractivity contribution >= 4 is 81.1 Å². The molecule has 3 amide bonds. The van der Waals surface area contributed by atoms with Gasteiger partial charge in [-0.1, -0.05) is 91.3 Å². The average molecular weight is 698 g/mol. The maximum Gasteiger partial charge on any atom is 0.308 e. The van der Waals surface area contributed by atoms with Gasteiger partial charge in [-0.05, 0) is 46.9 Å². The van der Waals surface area contributed by atoms with Gasteiger partial charge in [-0.2, -0.15) is 0 Å². The van der Waals surface area contributed by atoms with Crippen LogP contribution in [0, 0.1) is 16.0 Å². The SMILES string of the molecule is CC(C)(C)c1ccc([C@H]2c3sc(=O)n(CC(=O)Nc4ccc(Cl)c(Cl)c4)c3SC3C(=O)N(c4ccc([N+](=O)[O-])cc4)C(=O)C32)cc1. The fraction of sp³-hybridized carbons (Fsp3) is 0.250. The molecule has 2 unspecified atom stereocenters. The van der Waals surface area contributed by atoms with E-state index in [9.17, 15) is 29.3 Å². The van der Waals surface area contributed by atoms with Crippen molar-refractivity contribution in [3.05, 3.63) is 113 Å². The number of imide groups is 1. The van der Waals surface area contributed by atoms with Gasteiger partial charge >= 0.3 is 4.87 Å². The molecule has 3 aromatic carbocycles. The van der Waals surface area contributed by atoms with Crippen LogP contribution < -0.4 is 15.1 Å². The van der Waals surface area contributed by atoms with E-state index >= 15 is 0 Å². The molecule has 1 aromatic heterocycles. The molecule has 2 aliphatic heterocycles. The van der Waals surface area contributed by atoms with Crippen molar-refractivity contribution in [3.8, 4) is 0 Å². The number of thiazole rings is 1. The number of amides is 3. The largest absolute Gasteiger partial charge is 0.324 e. The summed E-state index contributed by atoms with van der Waals surface area (Å²) in [5.74, 6) is -2.95. The van der Waals surface area contributed by atoms with Crippen molar-refractivity contribution in [3.63, 3.8) is 0 Å². The minimum Gasteiger partial charge on any atom is -0.324 e. The Morgan fingerprint density at radius 1 is 0.957 bits per heavy atom. The van der Waals surface area contributed by atoms with Gasteiger partial charge in [0.05, 0.1) is 31.6 Å². The number of benzene rings is 3. The Morgan fingerprint density at radius 2 is 1.63 bits per heavy atom. The number of hydrogen-bond acceptors (Lipinski definition) is 8. The van der Waals surface area contributed by atoms with Crippen molar-refractivity contribution in [2.24, 2.45) is 5.92 Å². The van der Waals surface area contributed by atoms with Crippen LogP contribution in [0.2, 0.25) is 10.0 Å². The molecule has 3 heterocycles. The Bertz CT molecular complexity index is 1970. The third-order valence-corrected chi connectivity index (χ3v) is 11.4. The van der Waals surface area contributed by atoms with E-state index in [2.05, 4.69) is 26.1 Å². The Labute approximate surface area is 281 Å². The number of anilines is 2. The molecule has 0 radical (unpaired) electrons. The molecule has 4 aromatic rings. The second-order valence-corrected chi connectivity index (χ2v) is 14.9. The molecular weight excluding hydrogens is 671 g/mol. The molecule has 10 nitrogen and oxygen atoms in total. The van der Waals surface area contributed by atoms with Gasteiger partial charge in [0.1, 0.15) is 11.8 Å². The number of nitro groups is 1. The third kappa shape index (κ3) is 5.74. The first-order chi connectivity index (χ1) is 21.7. The zero-order chi connectivity index (χ0) is 33.1. The number of aromatic nitrogens is 1. The highest BCUT2D eigenvalue weighted by Gasteiger charge is 2.57. The highest BCUT2D eigenvalue weighted by molar-refractivity contribution is 8.00. The number of non-ortho nitro benzene ring substituents is 1. The van der Waals surface area contributed by atoms with Crippen molar-refractivity contribution in [2.75, 3.05) is 10.2 Å². The van der Waals surface area contributed by atoms with Crippen molar-refractivity contribution in [1.82, 2.24) is 4.57 Å². The topological polar surface area (TPSA) is 132 Å². The van der Waals surface area contributed by atoms with Crippen LogP contribution in [0.25, 0.3) is 0 Å². The number of thioether (sulfide) groups is 1. The van der Waals surface area contributed by atoms with Crippen LogP contribution in [-0.2, 0) is 26.3 Å². The quantitative estimate of drug-likeness (QED) is 0.132. The van der Waals surface area contributed by atoms with E-state index in [4.69, 9.17) is 23.2 Å². The summed E-state index contributed by atoms with van der Waals surface area (Å²) in [4.78, 5) is 66.5. The summed E-state index contributed by atoms with van der Waals surface area (Å²) in [5.41, 5.74) is 2.15. The molecule has 6 rings (SSSR count). The van der Waals surface area contributed by atoms with Gasteiger partial charge in [0.25, 0.3) is 5.69 Å². The van der Waals surface area contributed by atoms with Crippen LogP contribution >= 0.6 is 46.3 Å². The van der Waals surface area contributed by atoms with E-state index < -0.39 is 44.6 Å². The van der Waals surface area contributed by atoms with E-state index in [1.54, 1.807) is 12.1 Å². The van der Waals surface area contributed by atoms with Crippen LogP contribution in [0.5, 0.6) is 0 Å². The van der Waals surface area contributed by atoms with Crippen LogP contribution in [0.3, 0.4) is 0 Å². The molecule has 0 spiro atoms. The number of fused-ring (bicyclic) bond motifs is 2. The Hall–Kier alpha value is -3.97. The molecule has 236 valence electrons. The number of nitrogens with zero attached hydrogens (tertiary/aromatic N) is 3. The zero-order valence-electron chi connectivity index (χ0n) is 24.7. The Kier molecular flexibility index (Phi) is 8.34. The summed E-state index contributed by atoms with van der Waals surface area (Å²) >= 11 is 14.1. The number of nitrogens with one attached hydrogen (secondary N) is 1. The normalized spacial score (nSPS) is 19.2. The van der Waals surface area contributed by atoms with Crippen molar-refractivity contribution in [1.29, 1.82) is 0 Å². The second kappa shape index (κ2) is 12.0. The average Bonchev–Trinajstić information content (AvgIpc) is 3.44. The van der Waals surface area contributed by atoms with Gasteiger partial charge in [-0.25, -0.2) is 4.90 Å². The summed E-state index contributed by atoms with van der Waals surface area (Å²) in [6.45, 7) is 5.93. The summed E-state index contributed by atoms with van der Waals surface area (Å²) in [5, 5.41) is 14.1. The van der Waals surface area contributed by atoms with E-state index in [1.165, 1.54) is 34.9 Å². The molecule has 1 fully saturated rings. The first-order valence-electron chi connectivity index (χ1n) is 14.1. The second-order valence-electron chi connectivity index (χ2n) is 12.0.